The van der Waals surface area contributed by atoms with Gasteiger partial charge in [-0.3, -0.25) is 9.97 Å². The number of aromatic nitrogens is 4. The minimum Gasteiger partial charge on any atom is -0.497 e. The first-order valence-corrected chi connectivity index (χ1v) is 13.8. The lowest BCUT2D eigenvalue weighted by atomic mass is 10.1. The molecule has 0 amide bonds. The predicted octanol–water partition coefficient (Wildman–Crippen LogP) is 7.84. The van der Waals surface area contributed by atoms with Crippen LogP contribution in [0.3, 0.4) is 0 Å². The van der Waals surface area contributed by atoms with Gasteiger partial charge < -0.3 is 14.8 Å². The molecule has 0 unspecified atom stereocenters. The van der Waals surface area contributed by atoms with E-state index in [0.29, 0.717) is 11.6 Å². The Morgan fingerprint density at radius 2 is 1.44 bits per heavy atom. The van der Waals surface area contributed by atoms with Crippen molar-refractivity contribution in [3.05, 3.63) is 102 Å². The molecule has 0 radical (unpaired) electrons. The van der Waals surface area contributed by atoms with Crippen LogP contribution in [0.4, 0.5) is 5.69 Å². The van der Waals surface area contributed by atoms with Gasteiger partial charge in [0.05, 0.1) is 53.2 Å². The third-order valence-corrected chi connectivity index (χ3v) is 6.97. The van der Waals surface area contributed by atoms with Gasteiger partial charge in [-0.15, -0.1) is 0 Å². The Morgan fingerprint density at radius 3 is 2.12 bits per heavy atom. The summed E-state index contributed by atoms with van der Waals surface area (Å²) in [7, 11) is 1.67. The van der Waals surface area contributed by atoms with Crippen LogP contribution in [0.5, 0.6) is 11.5 Å². The molecule has 0 aliphatic heterocycles. The molecule has 2 aromatic carbocycles. The summed E-state index contributed by atoms with van der Waals surface area (Å²) < 4.78 is 11.7. The minimum atomic E-state index is 0.566. The van der Waals surface area contributed by atoms with Crippen molar-refractivity contribution in [1.82, 2.24) is 19.9 Å². The van der Waals surface area contributed by atoms with Crippen molar-refractivity contribution in [2.24, 2.45) is 0 Å². The van der Waals surface area contributed by atoms with E-state index in [-0.39, 0.29) is 0 Å². The highest BCUT2D eigenvalue weighted by atomic mass is 35.5. The van der Waals surface area contributed by atoms with E-state index in [0.717, 1.165) is 81.2 Å². The van der Waals surface area contributed by atoms with Crippen molar-refractivity contribution in [3.8, 4) is 34.3 Å². The number of anilines is 1. The maximum absolute atomic E-state index is 6.27. The molecule has 0 fully saturated rings. The molecule has 0 aliphatic carbocycles. The average Bonchev–Trinajstić information content (AvgIpc) is 3.02. The maximum atomic E-state index is 6.27. The van der Waals surface area contributed by atoms with Gasteiger partial charge in [-0.1, -0.05) is 23.7 Å². The van der Waals surface area contributed by atoms with Crippen LogP contribution in [0.2, 0.25) is 5.02 Å². The number of benzene rings is 2. The summed E-state index contributed by atoms with van der Waals surface area (Å²) in [4.78, 5) is 18.5. The Bertz CT molecular complexity index is 1740. The van der Waals surface area contributed by atoms with Gasteiger partial charge >= 0.3 is 0 Å². The van der Waals surface area contributed by atoms with Crippen LogP contribution in [-0.4, -0.2) is 40.2 Å². The predicted molar refractivity (Wildman–Crippen MR) is 165 cm³/mol. The molecule has 0 bridgehead atoms. The van der Waals surface area contributed by atoms with Crippen LogP contribution in [0, 0.1) is 0 Å². The number of fused-ring (bicyclic) bond motifs is 2. The molecule has 6 aromatic rings. The van der Waals surface area contributed by atoms with Crippen molar-refractivity contribution in [2.75, 3.05) is 25.6 Å². The van der Waals surface area contributed by atoms with E-state index in [1.54, 1.807) is 19.5 Å². The lowest BCUT2D eigenvalue weighted by Gasteiger charge is -2.15. The number of hydrogen-bond donors (Lipinski definition) is 1. The molecule has 41 heavy (non-hydrogen) atoms. The number of methoxy groups -OCH3 is 1. The Hall–Kier alpha value is -4.75. The fourth-order valence-corrected chi connectivity index (χ4v) is 4.89. The summed E-state index contributed by atoms with van der Waals surface area (Å²) in [5, 5.41) is 6.33. The summed E-state index contributed by atoms with van der Waals surface area (Å²) in [5.41, 5.74) is 5.83. The smallest absolute Gasteiger partial charge is 0.123 e. The van der Waals surface area contributed by atoms with Crippen molar-refractivity contribution in [2.45, 2.75) is 12.8 Å². The number of nitrogens with zero attached hydrogens (tertiary/aromatic N) is 4. The number of unbranched alkanes of at least 4 members (excludes halogenated alkanes) is 1. The first-order valence-electron chi connectivity index (χ1n) is 13.5. The van der Waals surface area contributed by atoms with E-state index in [1.165, 1.54) is 0 Å². The van der Waals surface area contributed by atoms with Crippen LogP contribution in [-0.2, 0) is 0 Å². The number of hydrogen-bond acceptors (Lipinski definition) is 7. The van der Waals surface area contributed by atoms with E-state index in [1.807, 2.05) is 84.9 Å². The second-order valence-electron chi connectivity index (χ2n) is 9.52. The summed E-state index contributed by atoms with van der Waals surface area (Å²) in [5.74, 6) is 1.53. The average molecular weight is 562 g/mol. The third kappa shape index (κ3) is 6.05. The van der Waals surface area contributed by atoms with Crippen LogP contribution in [0.15, 0.2) is 97.3 Å². The lowest BCUT2D eigenvalue weighted by molar-refractivity contribution is 0.308. The van der Waals surface area contributed by atoms with Crippen LogP contribution in [0.1, 0.15) is 12.8 Å². The second-order valence-corrected chi connectivity index (χ2v) is 9.95. The topological polar surface area (TPSA) is 82.0 Å². The molecule has 0 spiro atoms. The minimum absolute atomic E-state index is 0.566. The molecule has 0 saturated carbocycles. The fraction of sp³-hybridized carbons (Fsp3) is 0.152. The summed E-state index contributed by atoms with van der Waals surface area (Å²) in [6, 6.07) is 27.1. The largest absolute Gasteiger partial charge is 0.497 e. The molecule has 0 atom stereocenters. The summed E-state index contributed by atoms with van der Waals surface area (Å²) in [6.07, 6.45) is 5.30. The highest BCUT2D eigenvalue weighted by Gasteiger charge is 2.12. The summed E-state index contributed by atoms with van der Waals surface area (Å²) in [6.45, 7) is 1.34. The molecule has 4 heterocycles. The first kappa shape index (κ1) is 26.5. The van der Waals surface area contributed by atoms with Gasteiger partial charge in [-0.2, -0.15) is 0 Å². The van der Waals surface area contributed by atoms with Gasteiger partial charge in [0.1, 0.15) is 11.5 Å². The van der Waals surface area contributed by atoms with E-state index >= 15 is 0 Å². The molecule has 8 heteroatoms. The Balaban J connectivity index is 1.15. The molecule has 204 valence electrons. The molecule has 0 aliphatic rings. The van der Waals surface area contributed by atoms with Gasteiger partial charge in [-0.25, -0.2) is 9.97 Å². The molecule has 4 aromatic heterocycles. The number of halogens is 1. The Labute approximate surface area is 243 Å². The van der Waals surface area contributed by atoms with Crippen LogP contribution < -0.4 is 14.8 Å². The van der Waals surface area contributed by atoms with Crippen LogP contribution in [0.25, 0.3) is 44.6 Å². The second kappa shape index (κ2) is 12.2. The Kier molecular flexibility index (Phi) is 7.87. The van der Waals surface area contributed by atoms with Crippen molar-refractivity contribution < 1.29 is 9.47 Å². The zero-order valence-electron chi connectivity index (χ0n) is 22.5. The number of pyridine rings is 4. The standard InChI is InChI=1S/C33H28ClN5O2/c1-40-23-11-13-27-26(19-23)33(25-12-10-22(34)18-30(25)38-27)37-16-6-7-17-41-24-20-31(28-8-2-4-14-35-28)39-32(21-24)29-9-3-5-15-36-29/h2-5,8-15,18-21H,6-7,16-17H2,1H3,(H,37,38). The molecule has 0 saturated heterocycles. The van der Waals surface area contributed by atoms with Crippen molar-refractivity contribution in [3.63, 3.8) is 0 Å². The van der Waals surface area contributed by atoms with Gasteiger partial charge in [0.15, 0.2) is 0 Å². The van der Waals surface area contributed by atoms with Crippen molar-refractivity contribution in [1.29, 1.82) is 0 Å². The monoisotopic (exact) mass is 561 g/mol. The number of rotatable bonds is 10. The van der Waals surface area contributed by atoms with E-state index in [2.05, 4.69) is 15.3 Å². The lowest BCUT2D eigenvalue weighted by Crippen LogP contribution is -2.06. The van der Waals surface area contributed by atoms with Crippen LogP contribution >= 0.6 is 11.6 Å². The van der Waals surface area contributed by atoms with Gasteiger partial charge in [0, 0.05) is 46.9 Å². The highest BCUT2D eigenvalue weighted by Crippen LogP contribution is 2.34. The zero-order chi connectivity index (χ0) is 28.0. The molecule has 1 N–H and O–H groups in total. The highest BCUT2D eigenvalue weighted by molar-refractivity contribution is 6.31. The molecule has 6 rings (SSSR count). The van der Waals surface area contributed by atoms with E-state index in [9.17, 15) is 0 Å². The SMILES string of the molecule is COc1ccc2nc3cc(Cl)ccc3c(NCCCCOc3cc(-c4ccccn4)nc(-c4ccccn4)c3)c2c1. The fourth-order valence-electron chi connectivity index (χ4n) is 4.72. The third-order valence-electron chi connectivity index (χ3n) is 6.74. The normalized spacial score (nSPS) is 11.1. The first-order chi connectivity index (χ1) is 20.2. The van der Waals surface area contributed by atoms with Gasteiger partial charge in [0.2, 0.25) is 0 Å². The van der Waals surface area contributed by atoms with Gasteiger partial charge in [0.25, 0.3) is 0 Å². The quantitative estimate of drug-likeness (QED) is 0.135. The van der Waals surface area contributed by atoms with Gasteiger partial charge in [-0.05, 0) is 73.5 Å². The number of nitrogens with one attached hydrogen (secondary N) is 1. The van der Waals surface area contributed by atoms with E-state index in [4.69, 9.17) is 31.0 Å². The number of ether oxygens (including phenoxy) is 2. The zero-order valence-corrected chi connectivity index (χ0v) is 23.3. The van der Waals surface area contributed by atoms with E-state index < -0.39 is 0 Å². The van der Waals surface area contributed by atoms with Crippen molar-refractivity contribution >= 4 is 39.1 Å². The molecule has 7 nitrogen and oxygen atoms in total. The summed E-state index contributed by atoms with van der Waals surface area (Å²) >= 11 is 6.27. The maximum Gasteiger partial charge on any atom is 0.123 e. The Morgan fingerprint density at radius 1 is 0.683 bits per heavy atom. The molecular weight excluding hydrogens is 534 g/mol. The molecular formula is C33H28ClN5O2.